The second kappa shape index (κ2) is 7.31. The molecule has 0 saturated carbocycles. The van der Waals surface area contributed by atoms with E-state index in [4.69, 9.17) is 0 Å². The SMILES string of the molecule is Cc1ccc2nc(-c3ccccc3F)c(NC(=O)Nc3ccc(F)c(F)c3)n2c1. The van der Waals surface area contributed by atoms with Gasteiger partial charge in [0.1, 0.15) is 23.0 Å². The predicted octanol–water partition coefficient (Wildman–Crippen LogP) is 5.37. The van der Waals surface area contributed by atoms with Gasteiger partial charge >= 0.3 is 6.03 Å². The van der Waals surface area contributed by atoms with Crippen molar-refractivity contribution in [2.45, 2.75) is 6.92 Å². The summed E-state index contributed by atoms with van der Waals surface area (Å²) in [5.74, 6) is -2.35. The molecule has 4 rings (SSSR count). The van der Waals surface area contributed by atoms with Crippen LogP contribution in [0.15, 0.2) is 60.8 Å². The van der Waals surface area contributed by atoms with Crippen molar-refractivity contribution in [2.24, 2.45) is 0 Å². The number of hydrogen-bond donors (Lipinski definition) is 2. The molecule has 4 aromatic rings. The first-order valence-electron chi connectivity index (χ1n) is 8.69. The first kappa shape index (κ1) is 18.5. The summed E-state index contributed by atoms with van der Waals surface area (Å²) in [6.07, 6.45) is 1.75. The summed E-state index contributed by atoms with van der Waals surface area (Å²) >= 11 is 0. The molecule has 2 aromatic carbocycles. The van der Waals surface area contributed by atoms with Gasteiger partial charge < -0.3 is 5.32 Å². The largest absolute Gasteiger partial charge is 0.324 e. The fourth-order valence-electron chi connectivity index (χ4n) is 2.96. The standard InChI is InChI=1S/C21H15F3N4O/c1-12-6-9-18-26-19(14-4-2-3-5-15(14)22)20(28(18)11-12)27-21(29)25-13-7-8-16(23)17(24)10-13/h2-11H,1H3,(H2,25,27,29). The number of rotatable bonds is 3. The Kier molecular flexibility index (Phi) is 4.67. The molecule has 2 amide bonds. The Morgan fingerprint density at radius 3 is 2.48 bits per heavy atom. The van der Waals surface area contributed by atoms with E-state index in [0.717, 1.165) is 17.7 Å². The number of pyridine rings is 1. The number of benzene rings is 2. The van der Waals surface area contributed by atoms with Crippen LogP contribution >= 0.6 is 0 Å². The number of anilines is 2. The number of nitrogens with zero attached hydrogens (tertiary/aromatic N) is 2. The maximum absolute atomic E-state index is 14.4. The van der Waals surface area contributed by atoms with Crippen LogP contribution in [-0.2, 0) is 0 Å². The maximum atomic E-state index is 14.4. The summed E-state index contributed by atoms with van der Waals surface area (Å²) in [4.78, 5) is 16.9. The van der Waals surface area contributed by atoms with Gasteiger partial charge in [-0.05, 0) is 42.8 Å². The van der Waals surface area contributed by atoms with Crippen LogP contribution in [0.5, 0.6) is 0 Å². The highest BCUT2D eigenvalue weighted by Crippen LogP contribution is 2.31. The number of imidazole rings is 1. The maximum Gasteiger partial charge on any atom is 0.324 e. The Morgan fingerprint density at radius 2 is 1.72 bits per heavy atom. The number of carbonyl (C=O) groups is 1. The van der Waals surface area contributed by atoms with Crippen molar-refractivity contribution in [3.63, 3.8) is 0 Å². The smallest absolute Gasteiger partial charge is 0.308 e. The lowest BCUT2D eigenvalue weighted by molar-refractivity contribution is 0.262. The number of aryl methyl sites for hydroxylation is 1. The van der Waals surface area contributed by atoms with Crippen LogP contribution in [0, 0.1) is 24.4 Å². The first-order chi connectivity index (χ1) is 13.9. The summed E-state index contributed by atoms with van der Waals surface area (Å²) in [5, 5.41) is 5.07. The van der Waals surface area contributed by atoms with E-state index in [1.165, 1.54) is 12.1 Å². The van der Waals surface area contributed by atoms with Crippen molar-refractivity contribution in [3.05, 3.63) is 83.8 Å². The van der Waals surface area contributed by atoms with E-state index < -0.39 is 23.5 Å². The predicted molar refractivity (Wildman–Crippen MR) is 104 cm³/mol. The van der Waals surface area contributed by atoms with Gasteiger partial charge in [-0.25, -0.2) is 22.9 Å². The van der Waals surface area contributed by atoms with Gasteiger partial charge in [0, 0.05) is 23.5 Å². The minimum atomic E-state index is -1.08. The molecule has 2 N–H and O–H groups in total. The molecule has 5 nitrogen and oxygen atoms in total. The average Bonchev–Trinajstić information content (AvgIpc) is 3.02. The fourth-order valence-corrected chi connectivity index (χ4v) is 2.96. The van der Waals surface area contributed by atoms with Crippen molar-refractivity contribution in [2.75, 3.05) is 10.6 Å². The highest BCUT2D eigenvalue weighted by molar-refractivity contribution is 6.01. The van der Waals surface area contributed by atoms with E-state index in [1.807, 2.05) is 13.0 Å². The molecule has 2 aromatic heterocycles. The molecule has 146 valence electrons. The number of aromatic nitrogens is 2. The van der Waals surface area contributed by atoms with Gasteiger partial charge in [-0.15, -0.1) is 0 Å². The van der Waals surface area contributed by atoms with Crippen LogP contribution in [0.3, 0.4) is 0 Å². The van der Waals surface area contributed by atoms with Gasteiger partial charge in [-0.1, -0.05) is 18.2 Å². The zero-order chi connectivity index (χ0) is 20.5. The molecule has 0 aliphatic rings. The lowest BCUT2D eigenvalue weighted by atomic mass is 10.1. The van der Waals surface area contributed by atoms with Crippen LogP contribution in [-0.4, -0.2) is 15.4 Å². The Hall–Kier alpha value is -3.81. The minimum Gasteiger partial charge on any atom is -0.308 e. The Morgan fingerprint density at radius 1 is 0.931 bits per heavy atom. The molecule has 0 aliphatic carbocycles. The number of amides is 2. The molecule has 0 aliphatic heterocycles. The van der Waals surface area contributed by atoms with Crippen LogP contribution in [0.1, 0.15) is 5.56 Å². The summed E-state index contributed by atoms with van der Waals surface area (Å²) in [5.41, 5.74) is 1.95. The van der Waals surface area contributed by atoms with Crippen LogP contribution < -0.4 is 10.6 Å². The first-order valence-corrected chi connectivity index (χ1v) is 8.69. The molecule has 0 atom stereocenters. The molecule has 0 radical (unpaired) electrons. The number of halogens is 3. The second-order valence-electron chi connectivity index (χ2n) is 6.43. The monoisotopic (exact) mass is 396 g/mol. The summed E-state index contributed by atoms with van der Waals surface area (Å²) in [6.45, 7) is 1.87. The Balaban J connectivity index is 1.74. The summed E-state index contributed by atoms with van der Waals surface area (Å²) < 4.78 is 42.5. The van der Waals surface area contributed by atoms with E-state index in [2.05, 4.69) is 15.6 Å². The normalized spacial score (nSPS) is 10.9. The van der Waals surface area contributed by atoms with Gasteiger partial charge in [0.2, 0.25) is 0 Å². The zero-order valence-corrected chi connectivity index (χ0v) is 15.2. The number of carbonyl (C=O) groups excluding carboxylic acids is 1. The zero-order valence-electron chi connectivity index (χ0n) is 15.2. The molecule has 0 fully saturated rings. The fraction of sp³-hybridized carbons (Fsp3) is 0.0476. The minimum absolute atomic E-state index is 0.0684. The van der Waals surface area contributed by atoms with Crippen LogP contribution in [0.2, 0.25) is 0 Å². The topological polar surface area (TPSA) is 58.4 Å². The molecule has 29 heavy (non-hydrogen) atoms. The lowest BCUT2D eigenvalue weighted by Gasteiger charge is -2.10. The van der Waals surface area contributed by atoms with Crippen LogP contribution in [0.25, 0.3) is 16.9 Å². The molecular weight excluding hydrogens is 381 g/mol. The summed E-state index contributed by atoms with van der Waals surface area (Å²) in [7, 11) is 0. The molecule has 8 heteroatoms. The highest BCUT2D eigenvalue weighted by Gasteiger charge is 2.19. The third-order valence-corrected chi connectivity index (χ3v) is 4.30. The third kappa shape index (κ3) is 3.64. The Bertz CT molecular complexity index is 1240. The van der Waals surface area contributed by atoms with Crippen molar-refractivity contribution in [1.82, 2.24) is 9.38 Å². The number of fused-ring (bicyclic) bond motifs is 1. The van der Waals surface area contributed by atoms with E-state index in [0.29, 0.717) is 5.65 Å². The lowest BCUT2D eigenvalue weighted by Crippen LogP contribution is -2.21. The van der Waals surface area contributed by atoms with Crippen molar-refractivity contribution in [1.29, 1.82) is 0 Å². The molecule has 0 unspecified atom stereocenters. The van der Waals surface area contributed by atoms with E-state index >= 15 is 0 Å². The summed E-state index contributed by atoms with van der Waals surface area (Å²) in [6, 6.07) is 12.0. The van der Waals surface area contributed by atoms with E-state index in [-0.39, 0.29) is 22.8 Å². The average molecular weight is 396 g/mol. The van der Waals surface area contributed by atoms with Gasteiger partial charge in [0.05, 0.1) is 0 Å². The van der Waals surface area contributed by atoms with Crippen molar-refractivity contribution < 1.29 is 18.0 Å². The van der Waals surface area contributed by atoms with Crippen LogP contribution in [0.4, 0.5) is 29.5 Å². The Labute approximate surface area is 163 Å². The molecule has 0 bridgehead atoms. The van der Waals surface area contributed by atoms with Crippen molar-refractivity contribution in [3.8, 4) is 11.3 Å². The van der Waals surface area contributed by atoms with E-state index in [1.54, 1.807) is 34.9 Å². The number of hydrogen-bond acceptors (Lipinski definition) is 2. The molecule has 0 saturated heterocycles. The third-order valence-electron chi connectivity index (χ3n) is 4.30. The van der Waals surface area contributed by atoms with Gasteiger partial charge in [-0.3, -0.25) is 9.72 Å². The van der Waals surface area contributed by atoms with E-state index in [9.17, 15) is 18.0 Å². The second-order valence-corrected chi connectivity index (χ2v) is 6.43. The number of urea groups is 1. The van der Waals surface area contributed by atoms with Gasteiger partial charge in [0.15, 0.2) is 11.6 Å². The highest BCUT2D eigenvalue weighted by atomic mass is 19.2. The molecular formula is C21H15F3N4O. The van der Waals surface area contributed by atoms with Crippen molar-refractivity contribution >= 4 is 23.2 Å². The van der Waals surface area contributed by atoms with Gasteiger partial charge in [0.25, 0.3) is 0 Å². The number of nitrogens with one attached hydrogen (secondary N) is 2. The molecule has 0 spiro atoms. The van der Waals surface area contributed by atoms with Gasteiger partial charge in [-0.2, -0.15) is 0 Å². The quantitative estimate of drug-likeness (QED) is 0.489. The molecule has 2 heterocycles.